The van der Waals surface area contributed by atoms with Crippen molar-refractivity contribution in [3.8, 4) is 5.75 Å². The van der Waals surface area contributed by atoms with E-state index >= 15 is 0 Å². The van der Waals surface area contributed by atoms with Crippen molar-refractivity contribution in [1.82, 2.24) is 0 Å². The first kappa shape index (κ1) is 28.5. The molecule has 2 aromatic rings. The van der Waals surface area contributed by atoms with Gasteiger partial charge in [0.15, 0.2) is 0 Å². The van der Waals surface area contributed by atoms with Gasteiger partial charge in [-0.15, -0.1) is 0 Å². The van der Waals surface area contributed by atoms with Crippen LogP contribution >= 0.6 is 0 Å². The first-order valence-electron chi connectivity index (χ1n) is 14.9. The second-order valence-electron chi connectivity index (χ2n) is 11.2. The molecule has 0 aromatic heterocycles. The number of aryl methyl sites for hydroxylation is 1. The van der Waals surface area contributed by atoms with E-state index in [1.807, 2.05) is 6.07 Å². The third kappa shape index (κ3) is 7.95. The van der Waals surface area contributed by atoms with E-state index in [1.54, 1.807) is 0 Å². The lowest BCUT2D eigenvalue weighted by atomic mass is 9.81. The van der Waals surface area contributed by atoms with Crippen LogP contribution in [0.3, 0.4) is 0 Å². The number of unbranched alkanes of at least 4 members (excludes halogenated alkanes) is 13. The Balaban J connectivity index is 1.40. The Morgan fingerprint density at radius 2 is 1.31 bits per heavy atom. The van der Waals surface area contributed by atoms with Crippen LogP contribution < -0.4 is 4.74 Å². The second-order valence-corrected chi connectivity index (χ2v) is 11.2. The number of hydrogen-bond donors (Lipinski definition) is 0. The van der Waals surface area contributed by atoms with Crippen LogP contribution in [0.15, 0.2) is 36.4 Å². The van der Waals surface area contributed by atoms with Crippen LogP contribution in [-0.4, -0.2) is 5.97 Å². The molecule has 0 N–H and O–H groups in total. The SMILES string of the molecule is CCCCCCCCCCCCCCCCC(C)c1cccc2c1C(c1cccc(C)c1C)C(=O)O2. The fourth-order valence-corrected chi connectivity index (χ4v) is 5.84. The van der Waals surface area contributed by atoms with Gasteiger partial charge in [-0.25, -0.2) is 0 Å². The van der Waals surface area contributed by atoms with Gasteiger partial charge >= 0.3 is 5.97 Å². The molecule has 0 spiro atoms. The third-order valence-electron chi connectivity index (χ3n) is 8.31. The first-order chi connectivity index (χ1) is 17.5. The zero-order chi connectivity index (χ0) is 25.8. The zero-order valence-electron chi connectivity index (χ0n) is 23.5. The van der Waals surface area contributed by atoms with Gasteiger partial charge in [-0.2, -0.15) is 0 Å². The summed E-state index contributed by atoms with van der Waals surface area (Å²) in [6, 6.07) is 12.5. The van der Waals surface area contributed by atoms with Crippen molar-refractivity contribution in [3.05, 3.63) is 64.2 Å². The highest BCUT2D eigenvalue weighted by Gasteiger charge is 2.38. The molecule has 0 saturated carbocycles. The molecular weight excluding hydrogens is 440 g/mol. The molecule has 1 aliphatic heterocycles. The summed E-state index contributed by atoms with van der Waals surface area (Å²) >= 11 is 0. The Morgan fingerprint density at radius 3 is 1.92 bits per heavy atom. The highest BCUT2D eigenvalue weighted by Crippen LogP contribution is 2.45. The number of esters is 1. The van der Waals surface area contributed by atoms with Crippen LogP contribution in [0.1, 0.15) is 150 Å². The van der Waals surface area contributed by atoms with Crippen molar-refractivity contribution >= 4 is 5.97 Å². The van der Waals surface area contributed by atoms with E-state index < -0.39 is 0 Å². The minimum Gasteiger partial charge on any atom is -0.425 e. The van der Waals surface area contributed by atoms with Gasteiger partial charge in [0.25, 0.3) is 0 Å². The quantitative estimate of drug-likeness (QED) is 0.125. The van der Waals surface area contributed by atoms with Crippen molar-refractivity contribution in [1.29, 1.82) is 0 Å². The molecule has 0 radical (unpaired) electrons. The maximum Gasteiger partial charge on any atom is 0.323 e. The van der Waals surface area contributed by atoms with Gasteiger partial charge in [0.2, 0.25) is 0 Å². The number of rotatable bonds is 17. The first-order valence-corrected chi connectivity index (χ1v) is 14.9. The largest absolute Gasteiger partial charge is 0.425 e. The topological polar surface area (TPSA) is 26.3 Å². The maximum absolute atomic E-state index is 12.9. The Kier molecular flexibility index (Phi) is 12.0. The number of benzene rings is 2. The number of carbonyl (C=O) groups is 1. The van der Waals surface area contributed by atoms with Crippen LogP contribution in [0.2, 0.25) is 0 Å². The van der Waals surface area contributed by atoms with Crippen molar-refractivity contribution in [2.24, 2.45) is 0 Å². The van der Waals surface area contributed by atoms with E-state index in [4.69, 9.17) is 4.74 Å². The number of ether oxygens (including phenoxy) is 1. The number of hydrogen-bond acceptors (Lipinski definition) is 2. The summed E-state index contributed by atoms with van der Waals surface area (Å²) in [7, 11) is 0. The van der Waals surface area contributed by atoms with Crippen LogP contribution in [0, 0.1) is 13.8 Å². The van der Waals surface area contributed by atoms with Gasteiger partial charge in [-0.05, 0) is 54.5 Å². The summed E-state index contributed by atoms with van der Waals surface area (Å²) in [5.74, 6) is 0.764. The Labute approximate surface area is 221 Å². The van der Waals surface area contributed by atoms with E-state index in [9.17, 15) is 4.79 Å². The molecular formula is C34H50O2. The fourth-order valence-electron chi connectivity index (χ4n) is 5.84. The molecule has 1 aliphatic rings. The highest BCUT2D eigenvalue weighted by atomic mass is 16.5. The predicted molar refractivity (Wildman–Crippen MR) is 153 cm³/mol. The lowest BCUT2D eigenvalue weighted by Gasteiger charge is -2.19. The molecule has 2 aromatic carbocycles. The van der Waals surface area contributed by atoms with E-state index in [0.717, 1.165) is 16.9 Å². The molecule has 3 rings (SSSR count). The molecule has 0 aliphatic carbocycles. The van der Waals surface area contributed by atoms with Crippen molar-refractivity contribution < 1.29 is 9.53 Å². The maximum atomic E-state index is 12.9. The van der Waals surface area contributed by atoms with E-state index in [-0.39, 0.29) is 11.9 Å². The van der Waals surface area contributed by atoms with Crippen molar-refractivity contribution in [3.63, 3.8) is 0 Å². The monoisotopic (exact) mass is 490 g/mol. The Bertz CT molecular complexity index is 944. The molecule has 0 saturated heterocycles. The Morgan fingerprint density at radius 1 is 0.750 bits per heavy atom. The van der Waals surface area contributed by atoms with E-state index in [1.165, 1.54) is 113 Å². The molecule has 198 valence electrons. The fraction of sp³-hybridized carbons (Fsp3) is 0.618. The summed E-state index contributed by atoms with van der Waals surface area (Å²) < 4.78 is 5.75. The van der Waals surface area contributed by atoms with Gasteiger partial charge < -0.3 is 4.74 Å². The van der Waals surface area contributed by atoms with Gasteiger partial charge in [0.1, 0.15) is 11.7 Å². The predicted octanol–water partition coefficient (Wildman–Crippen LogP) is 10.3. The summed E-state index contributed by atoms with van der Waals surface area (Å²) in [6.07, 6.45) is 20.6. The minimum absolute atomic E-state index is 0.130. The molecule has 1 heterocycles. The minimum atomic E-state index is -0.296. The van der Waals surface area contributed by atoms with E-state index in [2.05, 4.69) is 58.0 Å². The molecule has 0 amide bonds. The standard InChI is InChI=1S/C34H50O2/c1-5-6-7-8-9-10-11-12-13-14-15-16-17-18-21-27(3)29-23-20-25-31-32(29)33(34(35)36-31)30-24-19-22-26(2)28(30)4/h19-20,22-25,27,33H,5-18,21H2,1-4H3. The average Bonchev–Trinajstić information content (AvgIpc) is 3.21. The molecule has 2 nitrogen and oxygen atoms in total. The smallest absolute Gasteiger partial charge is 0.323 e. The zero-order valence-corrected chi connectivity index (χ0v) is 23.5. The third-order valence-corrected chi connectivity index (χ3v) is 8.31. The van der Waals surface area contributed by atoms with Crippen LogP contribution in [-0.2, 0) is 4.79 Å². The van der Waals surface area contributed by atoms with Crippen molar-refractivity contribution in [2.75, 3.05) is 0 Å². The lowest BCUT2D eigenvalue weighted by molar-refractivity contribution is -0.133. The summed E-state index contributed by atoms with van der Waals surface area (Å²) in [4.78, 5) is 12.9. The van der Waals surface area contributed by atoms with Gasteiger partial charge in [0, 0.05) is 5.56 Å². The van der Waals surface area contributed by atoms with Crippen LogP contribution in [0.25, 0.3) is 0 Å². The Hall–Kier alpha value is -2.09. The molecule has 2 heteroatoms. The highest BCUT2D eigenvalue weighted by molar-refractivity contribution is 5.90. The summed E-state index contributed by atoms with van der Waals surface area (Å²) in [5, 5.41) is 0. The molecule has 2 atom stereocenters. The average molecular weight is 491 g/mol. The van der Waals surface area contributed by atoms with E-state index in [0.29, 0.717) is 5.92 Å². The van der Waals surface area contributed by atoms with Gasteiger partial charge in [0.05, 0.1) is 0 Å². The number of fused-ring (bicyclic) bond motifs is 1. The van der Waals surface area contributed by atoms with Crippen molar-refractivity contribution in [2.45, 2.75) is 136 Å². The molecule has 36 heavy (non-hydrogen) atoms. The summed E-state index contributed by atoms with van der Waals surface area (Å²) in [6.45, 7) is 8.85. The second kappa shape index (κ2) is 15.2. The van der Waals surface area contributed by atoms with Crippen LogP contribution in [0.5, 0.6) is 5.75 Å². The van der Waals surface area contributed by atoms with Crippen LogP contribution in [0.4, 0.5) is 0 Å². The summed E-state index contributed by atoms with van der Waals surface area (Å²) in [5.41, 5.74) is 5.91. The molecule has 0 bridgehead atoms. The molecule has 2 unspecified atom stereocenters. The lowest BCUT2D eigenvalue weighted by Crippen LogP contribution is -2.14. The number of carbonyl (C=O) groups excluding carboxylic acids is 1. The normalized spacial score (nSPS) is 15.7. The van der Waals surface area contributed by atoms with Gasteiger partial charge in [-0.3, -0.25) is 4.79 Å². The molecule has 0 fully saturated rings. The van der Waals surface area contributed by atoms with Gasteiger partial charge in [-0.1, -0.05) is 134 Å².